The fourth-order valence-corrected chi connectivity index (χ4v) is 3.43. The number of fused-ring (bicyclic) bond motifs is 1. The van der Waals surface area contributed by atoms with E-state index < -0.39 is 11.4 Å². The van der Waals surface area contributed by atoms with Crippen molar-refractivity contribution < 1.29 is 9.18 Å². The van der Waals surface area contributed by atoms with Crippen molar-refractivity contribution in [1.29, 1.82) is 0 Å². The third-order valence-corrected chi connectivity index (χ3v) is 6.03. The monoisotopic (exact) mass is 508 g/mol. The Morgan fingerprint density at radius 1 is 1.19 bits per heavy atom. The summed E-state index contributed by atoms with van der Waals surface area (Å²) in [4.78, 5) is 25.2. The molecule has 0 bridgehead atoms. The molecule has 9 heteroatoms. The first-order valence-electron chi connectivity index (χ1n) is 11.3. The van der Waals surface area contributed by atoms with Crippen molar-refractivity contribution >= 4 is 45.6 Å². The number of carbonyl (C=O) groups is 1. The second kappa shape index (κ2) is 11.5. The topological polar surface area (TPSA) is 73.4 Å². The predicted octanol–water partition coefficient (Wildman–Crippen LogP) is 4.91. The minimum atomic E-state index is -0.511. The first-order chi connectivity index (χ1) is 17.0. The Balaban J connectivity index is 2.04. The van der Waals surface area contributed by atoms with E-state index in [2.05, 4.69) is 62.7 Å². The van der Waals surface area contributed by atoms with Gasteiger partial charge in [-0.2, -0.15) is 0 Å². The maximum atomic E-state index is 13.6. The summed E-state index contributed by atoms with van der Waals surface area (Å²) >= 11 is 5.92. The fourth-order valence-electron chi connectivity index (χ4n) is 3.25. The molecular weight excluding hydrogens is 479 g/mol. The number of hydrogen-bond donors (Lipinski definition) is 2. The summed E-state index contributed by atoms with van der Waals surface area (Å²) in [7, 11) is 6.10. The molecule has 0 aliphatic rings. The van der Waals surface area contributed by atoms with Crippen molar-refractivity contribution in [2.45, 2.75) is 19.4 Å². The number of anilines is 3. The number of nitrogens with zero attached hydrogens (tertiary/aromatic N) is 4. The molecule has 0 aliphatic carbocycles. The van der Waals surface area contributed by atoms with Crippen molar-refractivity contribution in [3.63, 3.8) is 0 Å². The number of halogens is 2. The van der Waals surface area contributed by atoms with E-state index in [1.54, 1.807) is 18.2 Å². The standard InChI is InChI=1S/C27H30ClFN6O/c1-7-25(36)33-23-16-20-24(14-18(23)10-11-27(2,3)35(6)13-12-34(4)5)30-17-31-26(20)32-19-8-9-22(29)21(28)15-19/h7-9,14-17H,1,12-13H2,2-6H3,(H,33,36)(H,30,31,32). The third-order valence-electron chi connectivity index (χ3n) is 5.74. The Morgan fingerprint density at radius 2 is 1.94 bits per heavy atom. The minimum Gasteiger partial charge on any atom is -0.340 e. The number of likely N-dealkylation sites (N-methyl/N-ethyl adjacent to an activating group) is 2. The van der Waals surface area contributed by atoms with Crippen molar-refractivity contribution in [2.24, 2.45) is 0 Å². The molecule has 36 heavy (non-hydrogen) atoms. The van der Waals surface area contributed by atoms with E-state index in [1.165, 1.54) is 24.5 Å². The van der Waals surface area contributed by atoms with Gasteiger partial charge in [-0.1, -0.05) is 30.0 Å². The van der Waals surface area contributed by atoms with Gasteiger partial charge in [-0.25, -0.2) is 14.4 Å². The zero-order chi connectivity index (χ0) is 26.5. The quantitative estimate of drug-likeness (QED) is 0.332. The lowest BCUT2D eigenvalue weighted by atomic mass is 10.0. The highest BCUT2D eigenvalue weighted by atomic mass is 35.5. The van der Waals surface area contributed by atoms with E-state index in [4.69, 9.17) is 11.6 Å². The van der Waals surface area contributed by atoms with Crippen LogP contribution in [0.25, 0.3) is 10.9 Å². The maximum absolute atomic E-state index is 13.6. The molecule has 0 atom stereocenters. The molecule has 1 aromatic heterocycles. The van der Waals surface area contributed by atoms with Crippen LogP contribution in [-0.4, -0.2) is 65.4 Å². The number of aromatic nitrogens is 2. The van der Waals surface area contributed by atoms with Crippen molar-refractivity contribution in [2.75, 3.05) is 44.9 Å². The number of amides is 1. The largest absolute Gasteiger partial charge is 0.340 e. The van der Waals surface area contributed by atoms with Gasteiger partial charge in [-0.05, 0) is 71.4 Å². The van der Waals surface area contributed by atoms with Crippen LogP contribution >= 0.6 is 11.6 Å². The van der Waals surface area contributed by atoms with Crippen LogP contribution in [0.2, 0.25) is 5.02 Å². The highest BCUT2D eigenvalue weighted by Gasteiger charge is 2.21. The predicted molar refractivity (Wildman–Crippen MR) is 145 cm³/mol. The van der Waals surface area contributed by atoms with E-state index in [0.29, 0.717) is 33.7 Å². The molecule has 2 N–H and O–H groups in total. The summed E-state index contributed by atoms with van der Waals surface area (Å²) in [6, 6.07) is 7.87. The lowest BCUT2D eigenvalue weighted by molar-refractivity contribution is -0.111. The van der Waals surface area contributed by atoms with E-state index in [9.17, 15) is 9.18 Å². The van der Waals surface area contributed by atoms with Gasteiger partial charge in [0.25, 0.3) is 0 Å². The molecule has 1 amide bonds. The normalized spacial score (nSPS) is 11.4. The summed E-state index contributed by atoms with van der Waals surface area (Å²) in [5.74, 6) is 6.16. The molecule has 7 nitrogen and oxygen atoms in total. The zero-order valence-corrected chi connectivity index (χ0v) is 21.9. The molecule has 188 valence electrons. The zero-order valence-electron chi connectivity index (χ0n) is 21.1. The molecule has 0 unspecified atom stereocenters. The average Bonchev–Trinajstić information content (AvgIpc) is 2.83. The molecule has 3 aromatic rings. The van der Waals surface area contributed by atoms with Gasteiger partial charge < -0.3 is 15.5 Å². The van der Waals surface area contributed by atoms with E-state index in [0.717, 1.165) is 13.1 Å². The van der Waals surface area contributed by atoms with Crippen molar-refractivity contribution in [3.05, 3.63) is 65.7 Å². The summed E-state index contributed by atoms with van der Waals surface area (Å²) < 4.78 is 13.6. The number of carbonyl (C=O) groups excluding carboxylic acids is 1. The average molecular weight is 509 g/mol. The first-order valence-corrected chi connectivity index (χ1v) is 11.7. The van der Waals surface area contributed by atoms with Crippen LogP contribution in [0.1, 0.15) is 19.4 Å². The summed E-state index contributed by atoms with van der Waals surface area (Å²) in [5.41, 5.74) is 1.89. The fraction of sp³-hybridized carbons (Fsp3) is 0.296. The van der Waals surface area contributed by atoms with Crippen LogP contribution in [0.3, 0.4) is 0 Å². The number of hydrogen-bond acceptors (Lipinski definition) is 6. The van der Waals surface area contributed by atoms with E-state index >= 15 is 0 Å². The molecule has 1 heterocycles. The van der Waals surface area contributed by atoms with Gasteiger partial charge in [-0.15, -0.1) is 0 Å². The van der Waals surface area contributed by atoms with Gasteiger partial charge in [-0.3, -0.25) is 9.69 Å². The van der Waals surface area contributed by atoms with Crippen LogP contribution in [0.15, 0.2) is 49.3 Å². The highest BCUT2D eigenvalue weighted by molar-refractivity contribution is 6.31. The Bertz CT molecular complexity index is 1350. The molecule has 0 aliphatic heterocycles. The molecule has 0 saturated carbocycles. The smallest absolute Gasteiger partial charge is 0.247 e. The van der Waals surface area contributed by atoms with Crippen LogP contribution in [0.5, 0.6) is 0 Å². The Morgan fingerprint density at radius 3 is 2.61 bits per heavy atom. The molecule has 0 spiro atoms. The number of benzene rings is 2. The first kappa shape index (κ1) is 27.1. The number of nitrogens with one attached hydrogen (secondary N) is 2. The second-order valence-corrected chi connectivity index (χ2v) is 9.53. The van der Waals surface area contributed by atoms with Crippen molar-refractivity contribution in [3.8, 4) is 11.8 Å². The lowest BCUT2D eigenvalue weighted by Gasteiger charge is -2.31. The molecule has 0 radical (unpaired) electrons. The van der Waals surface area contributed by atoms with Gasteiger partial charge in [0.2, 0.25) is 5.91 Å². The molecule has 0 saturated heterocycles. The van der Waals surface area contributed by atoms with Gasteiger partial charge >= 0.3 is 0 Å². The Labute approximate surface area is 216 Å². The van der Waals surface area contributed by atoms with Gasteiger partial charge in [0, 0.05) is 24.2 Å². The maximum Gasteiger partial charge on any atom is 0.247 e. The lowest BCUT2D eigenvalue weighted by Crippen LogP contribution is -2.43. The van der Waals surface area contributed by atoms with Crippen LogP contribution in [-0.2, 0) is 4.79 Å². The minimum absolute atomic E-state index is 0.00646. The van der Waals surface area contributed by atoms with Gasteiger partial charge in [0.15, 0.2) is 0 Å². The van der Waals surface area contributed by atoms with Gasteiger partial charge in [0.1, 0.15) is 18.0 Å². The summed E-state index contributed by atoms with van der Waals surface area (Å²) in [6.45, 7) is 9.40. The summed E-state index contributed by atoms with van der Waals surface area (Å²) in [5, 5.41) is 6.61. The van der Waals surface area contributed by atoms with Crippen LogP contribution < -0.4 is 10.6 Å². The van der Waals surface area contributed by atoms with E-state index in [-0.39, 0.29) is 10.9 Å². The molecule has 0 fully saturated rings. The highest BCUT2D eigenvalue weighted by Crippen LogP contribution is 2.30. The SMILES string of the molecule is C=CC(=O)Nc1cc2c(Nc3ccc(F)c(Cl)c3)ncnc2cc1C#CC(C)(C)N(C)CCN(C)C. The van der Waals surface area contributed by atoms with E-state index in [1.807, 2.05) is 21.1 Å². The molecule has 2 aromatic carbocycles. The summed E-state index contributed by atoms with van der Waals surface area (Å²) in [6.07, 6.45) is 2.62. The van der Waals surface area contributed by atoms with Crippen LogP contribution in [0.4, 0.5) is 21.6 Å². The second-order valence-electron chi connectivity index (χ2n) is 9.12. The molecule has 3 rings (SSSR count). The van der Waals surface area contributed by atoms with Crippen LogP contribution in [0, 0.1) is 17.7 Å². The Hall–Kier alpha value is -3.51. The third kappa shape index (κ3) is 6.79. The van der Waals surface area contributed by atoms with Crippen molar-refractivity contribution in [1.82, 2.24) is 19.8 Å². The van der Waals surface area contributed by atoms with Gasteiger partial charge in [0.05, 0.1) is 27.3 Å². The number of rotatable bonds is 8. The Kier molecular flexibility index (Phi) is 8.64. The molecular formula is C27H30ClFN6O.